The molecule has 2 fully saturated rings. The number of aromatic nitrogens is 2. The van der Waals surface area contributed by atoms with E-state index >= 15 is 0 Å². The molecule has 1 heterocycles. The van der Waals surface area contributed by atoms with Gasteiger partial charge in [0.05, 0.1) is 6.04 Å². The van der Waals surface area contributed by atoms with Gasteiger partial charge in [-0.3, -0.25) is 14.2 Å². The van der Waals surface area contributed by atoms with Crippen LogP contribution in [0.4, 0.5) is 11.5 Å². The Kier molecular flexibility index (Phi) is 6.97. The fourth-order valence-electron chi connectivity index (χ4n) is 4.42. The van der Waals surface area contributed by atoms with Crippen molar-refractivity contribution in [1.29, 1.82) is 0 Å². The van der Waals surface area contributed by atoms with Gasteiger partial charge in [0.2, 0.25) is 0 Å². The molecule has 0 saturated heterocycles. The first-order valence-corrected chi connectivity index (χ1v) is 11.9. The molecule has 0 aliphatic heterocycles. The van der Waals surface area contributed by atoms with Gasteiger partial charge in [-0.15, -0.1) is 0 Å². The molecule has 1 amide bonds. The van der Waals surface area contributed by atoms with Gasteiger partial charge in [-0.2, -0.15) is 5.10 Å². The summed E-state index contributed by atoms with van der Waals surface area (Å²) >= 11 is 1.69. The number of anilines is 2. The van der Waals surface area contributed by atoms with Crippen molar-refractivity contribution in [2.24, 2.45) is 11.5 Å². The third kappa shape index (κ3) is 5.17. The summed E-state index contributed by atoms with van der Waals surface area (Å²) in [6, 6.07) is 8.91. The molecule has 162 valence electrons. The zero-order valence-corrected chi connectivity index (χ0v) is 18.2. The van der Waals surface area contributed by atoms with Crippen LogP contribution in [0.1, 0.15) is 74.2 Å². The highest BCUT2D eigenvalue weighted by Crippen LogP contribution is 2.30. The van der Waals surface area contributed by atoms with Crippen molar-refractivity contribution >= 4 is 29.4 Å². The lowest BCUT2D eigenvalue weighted by Crippen LogP contribution is -2.35. The van der Waals surface area contributed by atoms with E-state index in [-0.39, 0.29) is 12.1 Å². The maximum atomic E-state index is 12.0. The molecule has 1 aromatic heterocycles. The number of nitrogens with one attached hydrogen (secondary N) is 2. The van der Waals surface area contributed by atoms with Crippen molar-refractivity contribution in [3.05, 3.63) is 36.0 Å². The predicted octanol–water partition coefficient (Wildman–Crippen LogP) is 4.10. The second-order valence-corrected chi connectivity index (χ2v) is 9.37. The standard InChI is InChI=1S/C22H32N6OS/c23-19-8-4-5-9-20(19)28-14-18(21(24)29)22(26-28)25-15-10-12-17(13-11-15)30-27-16-6-2-1-3-7-16/h10-14,16,19-20,27H,1-9,23H2,(H2,24,29)(H,25,26). The second kappa shape index (κ2) is 9.85. The molecule has 2 aromatic rings. The summed E-state index contributed by atoms with van der Waals surface area (Å²) in [7, 11) is 0. The lowest BCUT2D eigenvalue weighted by Gasteiger charge is -2.28. The first kappa shape index (κ1) is 21.2. The molecular formula is C22H32N6OS. The molecule has 8 heteroatoms. The van der Waals surface area contributed by atoms with Gasteiger partial charge < -0.3 is 16.8 Å². The first-order valence-electron chi connectivity index (χ1n) is 11.0. The molecule has 4 rings (SSSR count). The van der Waals surface area contributed by atoms with Gasteiger partial charge in [-0.1, -0.05) is 32.1 Å². The van der Waals surface area contributed by atoms with Crippen LogP contribution in [-0.4, -0.2) is 27.8 Å². The van der Waals surface area contributed by atoms with E-state index in [0.29, 0.717) is 17.4 Å². The summed E-state index contributed by atoms with van der Waals surface area (Å²) in [6.45, 7) is 0. The molecule has 2 atom stereocenters. The number of carbonyl (C=O) groups excluding carboxylic acids is 1. The van der Waals surface area contributed by atoms with Crippen LogP contribution in [0.25, 0.3) is 0 Å². The van der Waals surface area contributed by atoms with Gasteiger partial charge in [0, 0.05) is 28.9 Å². The summed E-state index contributed by atoms with van der Waals surface area (Å²) < 4.78 is 5.41. The minimum absolute atomic E-state index is 0.0557. The topological polar surface area (TPSA) is 111 Å². The molecule has 2 aliphatic carbocycles. The van der Waals surface area contributed by atoms with Crippen molar-refractivity contribution in [3.63, 3.8) is 0 Å². The maximum absolute atomic E-state index is 12.0. The second-order valence-electron chi connectivity index (χ2n) is 8.46. The molecule has 0 bridgehead atoms. The molecule has 2 unspecified atom stereocenters. The van der Waals surface area contributed by atoms with Crippen molar-refractivity contribution in [1.82, 2.24) is 14.5 Å². The van der Waals surface area contributed by atoms with Crippen LogP contribution in [0, 0.1) is 0 Å². The third-order valence-corrected chi connectivity index (χ3v) is 7.14. The Labute approximate surface area is 182 Å². The fourth-order valence-corrected chi connectivity index (χ4v) is 5.23. The normalized spacial score (nSPS) is 22.7. The Morgan fingerprint density at radius 3 is 2.43 bits per heavy atom. The van der Waals surface area contributed by atoms with Crippen molar-refractivity contribution in [2.45, 2.75) is 80.8 Å². The molecule has 7 nitrogen and oxygen atoms in total. The molecule has 30 heavy (non-hydrogen) atoms. The lowest BCUT2D eigenvalue weighted by atomic mass is 9.91. The third-order valence-electron chi connectivity index (χ3n) is 6.18. The molecule has 0 spiro atoms. The summed E-state index contributed by atoms with van der Waals surface area (Å²) in [4.78, 5) is 13.1. The highest BCUT2D eigenvalue weighted by molar-refractivity contribution is 7.97. The highest BCUT2D eigenvalue weighted by atomic mass is 32.2. The summed E-state index contributed by atoms with van der Waals surface area (Å²) in [6.07, 6.45) is 12.5. The number of benzene rings is 1. The number of rotatable bonds is 7. The first-order chi connectivity index (χ1) is 14.6. The van der Waals surface area contributed by atoms with Crippen molar-refractivity contribution in [3.8, 4) is 0 Å². The van der Waals surface area contributed by atoms with E-state index in [4.69, 9.17) is 11.5 Å². The van der Waals surface area contributed by atoms with Gasteiger partial charge in [-0.25, -0.2) is 0 Å². The van der Waals surface area contributed by atoms with Crippen molar-refractivity contribution < 1.29 is 4.79 Å². The zero-order valence-electron chi connectivity index (χ0n) is 17.3. The van der Waals surface area contributed by atoms with Gasteiger partial charge in [0.15, 0.2) is 5.82 Å². The maximum Gasteiger partial charge on any atom is 0.254 e. The van der Waals surface area contributed by atoms with Crippen LogP contribution < -0.4 is 21.5 Å². The van der Waals surface area contributed by atoms with Crippen LogP contribution in [0.5, 0.6) is 0 Å². The van der Waals surface area contributed by atoms with E-state index in [1.165, 1.54) is 37.0 Å². The number of hydrogen-bond donors (Lipinski definition) is 4. The molecule has 1 aromatic carbocycles. The van der Waals surface area contributed by atoms with E-state index in [1.807, 2.05) is 16.8 Å². The summed E-state index contributed by atoms with van der Waals surface area (Å²) in [5, 5.41) is 7.89. The van der Waals surface area contributed by atoms with Gasteiger partial charge in [0.1, 0.15) is 5.56 Å². The van der Waals surface area contributed by atoms with Crippen LogP contribution in [0.2, 0.25) is 0 Å². The largest absolute Gasteiger partial charge is 0.365 e. The van der Waals surface area contributed by atoms with Gasteiger partial charge in [0.25, 0.3) is 5.91 Å². The highest BCUT2D eigenvalue weighted by Gasteiger charge is 2.26. The number of nitrogens with two attached hydrogens (primary N) is 2. The predicted molar refractivity (Wildman–Crippen MR) is 122 cm³/mol. The van der Waals surface area contributed by atoms with E-state index < -0.39 is 5.91 Å². The van der Waals surface area contributed by atoms with Crippen LogP contribution in [0.15, 0.2) is 35.4 Å². The summed E-state index contributed by atoms with van der Waals surface area (Å²) in [5.41, 5.74) is 13.2. The monoisotopic (exact) mass is 428 g/mol. The van der Waals surface area contributed by atoms with E-state index in [0.717, 1.165) is 31.4 Å². The van der Waals surface area contributed by atoms with E-state index in [9.17, 15) is 4.79 Å². The molecular weight excluding hydrogens is 396 g/mol. The molecule has 2 saturated carbocycles. The summed E-state index contributed by atoms with van der Waals surface area (Å²) in [5.74, 6) is -0.00186. The van der Waals surface area contributed by atoms with Gasteiger partial charge in [-0.05, 0) is 61.9 Å². The Morgan fingerprint density at radius 2 is 1.73 bits per heavy atom. The minimum Gasteiger partial charge on any atom is -0.365 e. The van der Waals surface area contributed by atoms with Crippen molar-refractivity contribution in [2.75, 3.05) is 5.32 Å². The number of carbonyl (C=O) groups is 1. The smallest absolute Gasteiger partial charge is 0.254 e. The fraction of sp³-hybridized carbons (Fsp3) is 0.545. The molecule has 0 radical (unpaired) electrons. The number of nitrogens with zero attached hydrogens (tertiary/aromatic N) is 2. The Morgan fingerprint density at radius 1 is 1.03 bits per heavy atom. The van der Waals surface area contributed by atoms with Gasteiger partial charge >= 0.3 is 0 Å². The average Bonchev–Trinajstić information content (AvgIpc) is 3.18. The Bertz CT molecular complexity index is 846. The average molecular weight is 429 g/mol. The van der Waals surface area contributed by atoms with E-state index in [1.54, 1.807) is 18.1 Å². The van der Waals surface area contributed by atoms with Crippen LogP contribution in [0.3, 0.4) is 0 Å². The number of primary amides is 1. The quantitative estimate of drug-likeness (QED) is 0.494. The molecule has 2 aliphatic rings. The molecule has 6 N–H and O–H groups in total. The number of hydrogen-bond acceptors (Lipinski definition) is 6. The van der Waals surface area contributed by atoms with Crippen LogP contribution >= 0.6 is 11.9 Å². The zero-order chi connectivity index (χ0) is 20.9. The Balaban J connectivity index is 1.42. The lowest BCUT2D eigenvalue weighted by molar-refractivity contribution is 0.100. The SMILES string of the molecule is NC(=O)c1cn(C2CCCCC2N)nc1Nc1ccc(SNC2CCCCC2)cc1. The Hall–Kier alpha value is -2.03. The van der Waals surface area contributed by atoms with E-state index in [2.05, 4.69) is 27.3 Å². The van der Waals surface area contributed by atoms with Crippen LogP contribution in [-0.2, 0) is 0 Å². The number of amides is 1. The minimum atomic E-state index is -0.489.